The summed E-state index contributed by atoms with van der Waals surface area (Å²) in [6.07, 6.45) is 2.44. The van der Waals surface area contributed by atoms with Gasteiger partial charge in [-0.1, -0.05) is 0 Å². The quantitative estimate of drug-likeness (QED) is 0.567. The van der Waals surface area contributed by atoms with E-state index in [0.717, 1.165) is 18.5 Å². The molecule has 3 nitrogen and oxygen atoms in total. The van der Waals surface area contributed by atoms with Gasteiger partial charge in [0, 0.05) is 12.1 Å². The number of rotatable bonds is 0. The molecule has 1 aromatic rings. The number of carbonyl (C=O) groups is 1. The largest absolute Gasteiger partial charge is 0.459 e. The highest BCUT2D eigenvalue weighted by Gasteiger charge is 2.18. The fourth-order valence-corrected chi connectivity index (χ4v) is 1.12. The van der Waals surface area contributed by atoms with Crippen molar-refractivity contribution in [2.75, 3.05) is 6.54 Å². The third kappa shape index (κ3) is 0.635. The van der Waals surface area contributed by atoms with E-state index >= 15 is 0 Å². The Labute approximate surface area is 58.0 Å². The van der Waals surface area contributed by atoms with E-state index in [0.29, 0.717) is 5.76 Å². The van der Waals surface area contributed by atoms with Gasteiger partial charge in [0.25, 0.3) is 5.91 Å². The lowest BCUT2D eigenvalue weighted by Gasteiger charge is -2.09. The monoisotopic (exact) mass is 137 g/mol. The van der Waals surface area contributed by atoms with E-state index in [1.807, 2.05) is 6.07 Å². The van der Waals surface area contributed by atoms with Gasteiger partial charge in [0.15, 0.2) is 5.76 Å². The molecule has 1 N–H and O–H groups in total. The van der Waals surface area contributed by atoms with Gasteiger partial charge >= 0.3 is 0 Å². The van der Waals surface area contributed by atoms with Crippen molar-refractivity contribution in [3.8, 4) is 0 Å². The number of fused-ring (bicyclic) bond motifs is 1. The second-order valence-electron chi connectivity index (χ2n) is 2.28. The fraction of sp³-hybridized carbons (Fsp3) is 0.286. The Morgan fingerprint density at radius 1 is 1.60 bits per heavy atom. The molecule has 3 heteroatoms. The average molecular weight is 137 g/mol. The Morgan fingerprint density at radius 2 is 2.50 bits per heavy atom. The Hall–Kier alpha value is -1.25. The van der Waals surface area contributed by atoms with Crippen LogP contribution in [0.4, 0.5) is 0 Å². The van der Waals surface area contributed by atoms with E-state index in [-0.39, 0.29) is 5.91 Å². The summed E-state index contributed by atoms with van der Waals surface area (Å²) in [7, 11) is 0. The molecule has 1 aliphatic rings. The summed E-state index contributed by atoms with van der Waals surface area (Å²) in [4.78, 5) is 10.9. The van der Waals surface area contributed by atoms with Crippen LogP contribution in [0, 0.1) is 0 Å². The van der Waals surface area contributed by atoms with Gasteiger partial charge in [-0.2, -0.15) is 0 Å². The van der Waals surface area contributed by atoms with Gasteiger partial charge in [-0.25, -0.2) is 0 Å². The lowest BCUT2D eigenvalue weighted by molar-refractivity contribution is 0.0916. The molecule has 2 rings (SSSR count). The number of hydrogen-bond acceptors (Lipinski definition) is 2. The molecule has 0 aromatic carbocycles. The van der Waals surface area contributed by atoms with Crippen molar-refractivity contribution in [1.29, 1.82) is 0 Å². The van der Waals surface area contributed by atoms with Crippen LogP contribution in [0.15, 0.2) is 16.7 Å². The predicted molar refractivity (Wildman–Crippen MR) is 34.7 cm³/mol. The second kappa shape index (κ2) is 1.87. The maximum Gasteiger partial charge on any atom is 0.287 e. The minimum Gasteiger partial charge on any atom is -0.459 e. The minimum atomic E-state index is -0.0914. The number of nitrogens with one attached hydrogen (secondary N) is 1. The smallest absolute Gasteiger partial charge is 0.287 e. The molecule has 0 saturated heterocycles. The molecular weight excluding hydrogens is 130 g/mol. The van der Waals surface area contributed by atoms with Crippen molar-refractivity contribution >= 4 is 5.91 Å². The lowest BCUT2D eigenvalue weighted by Crippen LogP contribution is -2.30. The van der Waals surface area contributed by atoms with E-state index in [1.54, 1.807) is 6.26 Å². The Morgan fingerprint density at radius 3 is 3.30 bits per heavy atom. The summed E-state index contributed by atoms with van der Waals surface area (Å²) in [5.74, 6) is 0.387. The van der Waals surface area contributed by atoms with Crippen LogP contribution in [0.2, 0.25) is 0 Å². The molecule has 1 aromatic heterocycles. The fourth-order valence-electron chi connectivity index (χ4n) is 1.12. The standard InChI is InChI=1S/C7H7NO2/c9-7-6-5(1-3-8-7)2-4-10-6/h2,4H,1,3H2,(H,8,9). The van der Waals surface area contributed by atoms with E-state index in [2.05, 4.69) is 5.32 Å². The van der Waals surface area contributed by atoms with Gasteiger partial charge in [-0.15, -0.1) is 0 Å². The van der Waals surface area contributed by atoms with Gasteiger partial charge in [0.05, 0.1) is 6.26 Å². The molecule has 0 spiro atoms. The van der Waals surface area contributed by atoms with Crippen molar-refractivity contribution in [1.82, 2.24) is 5.32 Å². The highest BCUT2D eigenvalue weighted by Crippen LogP contribution is 2.13. The summed E-state index contributed by atoms with van der Waals surface area (Å²) in [6, 6.07) is 1.84. The van der Waals surface area contributed by atoms with Gasteiger partial charge in [0.2, 0.25) is 0 Å². The first-order chi connectivity index (χ1) is 4.88. The van der Waals surface area contributed by atoms with Crippen molar-refractivity contribution < 1.29 is 9.21 Å². The summed E-state index contributed by atoms with van der Waals surface area (Å²) < 4.78 is 4.96. The summed E-state index contributed by atoms with van der Waals surface area (Å²) in [5.41, 5.74) is 1.02. The number of carbonyl (C=O) groups excluding carboxylic acids is 1. The van der Waals surface area contributed by atoms with Gasteiger partial charge in [-0.05, 0) is 12.5 Å². The first-order valence-electron chi connectivity index (χ1n) is 3.22. The average Bonchev–Trinajstić information content (AvgIpc) is 2.36. The Bertz CT molecular complexity index is 264. The topological polar surface area (TPSA) is 42.2 Å². The van der Waals surface area contributed by atoms with Crippen LogP contribution < -0.4 is 5.32 Å². The molecule has 10 heavy (non-hydrogen) atoms. The number of furan rings is 1. The van der Waals surface area contributed by atoms with Crippen LogP contribution in [-0.4, -0.2) is 12.5 Å². The zero-order valence-corrected chi connectivity index (χ0v) is 5.39. The van der Waals surface area contributed by atoms with E-state index in [1.165, 1.54) is 0 Å². The van der Waals surface area contributed by atoms with Crippen molar-refractivity contribution in [2.45, 2.75) is 6.42 Å². The van der Waals surface area contributed by atoms with Crippen LogP contribution in [0.25, 0.3) is 0 Å². The third-order valence-corrected chi connectivity index (χ3v) is 1.63. The Balaban J connectivity index is 2.50. The minimum absolute atomic E-state index is 0.0914. The molecule has 2 heterocycles. The maximum absolute atomic E-state index is 10.9. The zero-order valence-electron chi connectivity index (χ0n) is 5.39. The van der Waals surface area contributed by atoms with Crippen LogP contribution in [-0.2, 0) is 6.42 Å². The molecule has 0 bridgehead atoms. The van der Waals surface area contributed by atoms with Crippen LogP contribution >= 0.6 is 0 Å². The third-order valence-electron chi connectivity index (χ3n) is 1.63. The van der Waals surface area contributed by atoms with Gasteiger partial charge in [0.1, 0.15) is 0 Å². The molecule has 0 fully saturated rings. The summed E-state index contributed by atoms with van der Waals surface area (Å²) >= 11 is 0. The predicted octanol–water partition coefficient (Wildman–Crippen LogP) is 0.565. The molecule has 1 amide bonds. The SMILES string of the molecule is O=C1NCCc2ccoc21. The van der Waals surface area contributed by atoms with E-state index in [9.17, 15) is 4.79 Å². The maximum atomic E-state index is 10.9. The highest BCUT2D eigenvalue weighted by molar-refractivity contribution is 5.93. The molecule has 0 aliphatic carbocycles. The second-order valence-corrected chi connectivity index (χ2v) is 2.28. The van der Waals surface area contributed by atoms with Crippen molar-refractivity contribution in [2.24, 2.45) is 0 Å². The number of hydrogen-bond donors (Lipinski definition) is 1. The molecule has 1 aliphatic heterocycles. The zero-order chi connectivity index (χ0) is 6.97. The van der Waals surface area contributed by atoms with Crippen molar-refractivity contribution in [3.05, 3.63) is 23.7 Å². The lowest BCUT2D eigenvalue weighted by atomic mass is 10.1. The molecular formula is C7H7NO2. The summed E-state index contributed by atoms with van der Waals surface area (Å²) in [6.45, 7) is 0.728. The number of amides is 1. The highest BCUT2D eigenvalue weighted by atomic mass is 16.3. The van der Waals surface area contributed by atoms with E-state index in [4.69, 9.17) is 4.42 Å². The summed E-state index contributed by atoms with van der Waals surface area (Å²) in [5, 5.41) is 2.69. The van der Waals surface area contributed by atoms with Crippen molar-refractivity contribution in [3.63, 3.8) is 0 Å². The molecule has 0 atom stereocenters. The first kappa shape index (κ1) is 5.53. The van der Waals surface area contributed by atoms with Gasteiger partial charge in [-0.3, -0.25) is 4.79 Å². The van der Waals surface area contributed by atoms with Crippen LogP contribution in [0.3, 0.4) is 0 Å². The van der Waals surface area contributed by atoms with Gasteiger partial charge < -0.3 is 9.73 Å². The first-order valence-corrected chi connectivity index (χ1v) is 3.22. The molecule has 0 radical (unpaired) electrons. The van der Waals surface area contributed by atoms with E-state index < -0.39 is 0 Å². The molecule has 0 saturated carbocycles. The molecule has 0 unspecified atom stereocenters. The molecule has 52 valence electrons. The van der Waals surface area contributed by atoms with Crippen LogP contribution in [0.1, 0.15) is 16.1 Å². The van der Waals surface area contributed by atoms with Crippen LogP contribution in [0.5, 0.6) is 0 Å². The normalized spacial score (nSPS) is 16.2. The Kier molecular flexibility index (Phi) is 1.03.